The van der Waals surface area contributed by atoms with Gasteiger partial charge in [0.1, 0.15) is 6.61 Å². The molecule has 20 heteroatoms. The van der Waals surface area contributed by atoms with Crippen molar-refractivity contribution in [3.63, 3.8) is 0 Å². The van der Waals surface area contributed by atoms with Crippen molar-refractivity contribution in [2.45, 2.75) is 195 Å². The van der Waals surface area contributed by atoms with Crippen LogP contribution in [0.4, 0.5) is 19.2 Å². The van der Waals surface area contributed by atoms with Gasteiger partial charge in [-0.25, -0.2) is 19.2 Å². The van der Waals surface area contributed by atoms with E-state index < -0.39 is 28.2 Å². The Morgan fingerprint density at radius 1 is 0.352 bits per heavy atom. The monoisotopic (exact) mass is 1760 g/mol. The molecule has 7 rings (SSSR count). The summed E-state index contributed by atoms with van der Waals surface area (Å²) in [6.45, 7) is 76.6. The molecule has 0 unspecified atom stereocenters. The molecule has 0 aromatic heterocycles. The third kappa shape index (κ3) is 49.8. The molecular weight excluding hydrogens is 1610 g/mol. The lowest BCUT2D eigenvalue weighted by atomic mass is 9.83. The molecule has 0 radical (unpaired) electrons. The highest BCUT2D eigenvalue weighted by molar-refractivity contribution is 5.75. The van der Waals surface area contributed by atoms with E-state index in [0.717, 1.165) is 187 Å². The first-order valence-electron chi connectivity index (χ1n) is 44.2. The van der Waals surface area contributed by atoms with Crippen LogP contribution in [0.1, 0.15) is 227 Å². The van der Waals surface area contributed by atoms with Crippen LogP contribution in [0.2, 0.25) is 0 Å². The highest BCUT2D eigenvalue weighted by Crippen LogP contribution is 2.31. The van der Waals surface area contributed by atoms with Gasteiger partial charge in [0.2, 0.25) is 0 Å². The zero-order valence-corrected chi connectivity index (χ0v) is 79.2. The number of rotatable bonds is 51. The number of benzene rings is 6. The van der Waals surface area contributed by atoms with E-state index >= 15 is 0 Å². The van der Waals surface area contributed by atoms with Crippen molar-refractivity contribution in [1.29, 1.82) is 0 Å². The summed E-state index contributed by atoms with van der Waals surface area (Å²) in [5.41, 5.74) is 15.1. The van der Waals surface area contributed by atoms with E-state index in [1.807, 2.05) is 204 Å². The van der Waals surface area contributed by atoms with Crippen molar-refractivity contribution in [3.05, 3.63) is 329 Å². The molecule has 6 aromatic carbocycles. The minimum absolute atomic E-state index is 0.190. The van der Waals surface area contributed by atoms with E-state index in [9.17, 15) is 19.2 Å². The van der Waals surface area contributed by atoms with Crippen molar-refractivity contribution < 1.29 is 66.5 Å². The normalized spacial score (nSPS) is 12.4. The molecule has 0 atom stereocenters. The number of carbonyl (C=O) groups excluding carboxylic acids is 4. The van der Waals surface area contributed by atoms with Crippen LogP contribution in [0.3, 0.4) is 0 Å². The number of unbranched alkanes of at least 4 members (excludes halogenated alkanes) is 4. The number of amides is 5. The van der Waals surface area contributed by atoms with Gasteiger partial charge in [-0.2, -0.15) is 0 Å². The van der Waals surface area contributed by atoms with E-state index in [1.165, 1.54) is 43.1 Å². The summed E-state index contributed by atoms with van der Waals surface area (Å²) < 4.78 is 51.7. The molecule has 0 spiro atoms. The predicted molar refractivity (Wildman–Crippen MR) is 530 cm³/mol. The summed E-state index contributed by atoms with van der Waals surface area (Å²) in [6, 6.07) is 48.5. The third-order valence-electron chi connectivity index (χ3n) is 20.4. The highest BCUT2D eigenvalue weighted by atomic mass is 16.6. The molecule has 6 N–H and O–H groups in total. The van der Waals surface area contributed by atoms with Crippen molar-refractivity contribution in [1.82, 2.24) is 31.9 Å². The zero-order chi connectivity index (χ0) is 95.0. The Balaban J connectivity index is 0.000000526. The number of urea groups is 1. The fraction of sp³-hybridized carbons (Fsp3) is 0.407. The number of carbonyl (C=O) groups is 4. The predicted octanol–water partition coefficient (Wildman–Crippen LogP) is 25.5. The Morgan fingerprint density at radius 2 is 0.672 bits per heavy atom. The lowest BCUT2D eigenvalue weighted by Gasteiger charge is -2.29. The van der Waals surface area contributed by atoms with Crippen LogP contribution < -0.4 is 31.9 Å². The van der Waals surface area contributed by atoms with Crippen molar-refractivity contribution in [2.75, 3.05) is 79.2 Å². The molecule has 20 nitrogen and oxygen atoms in total. The molecule has 1 aliphatic carbocycles. The average molecular weight is 1760 g/mol. The summed E-state index contributed by atoms with van der Waals surface area (Å²) in [5, 5.41) is 18.0. The second kappa shape index (κ2) is 64.7. The van der Waals surface area contributed by atoms with Gasteiger partial charge >= 0.3 is 24.3 Å². The SMILES string of the molecule is C=COCC1CCC(COC(=O)NC(C)(C)c2cccc(C(=C)C)c2)CC1.C=COCCCCCCOC(=O)NC(C)(C)c1cccc(C(=C)C)c1.C=COCCCCOC(=O)NC(C)(C)c1cccc(C(=C)C)c1.C=COCCCNC(=O)NC(C)(C)c1cccc(C(=C)C)c1.C=COCCCNCc1ccc(C=C)cc1.C=COCCOCc1ccc(C=C)cc1. The van der Waals surface area contributed by atoms with E-state index in [-0.39, 0.29) is 18.2 Å². The van der Waals surface area contributed by atoms with Gasteiger partial charge in [0.15, 0.2) is 0 Å². The van der Waals surface area contributed by atoms with E-state index in [4.69, 9.17) is 47.4 Å². The molecule has 698 valence electrons. The summed E-state index contributed by atoms with van der Waals surface area (Å²) in [5.74, 6) is 1.03. The molecule has 1 saturated carbocycles. The van der Waals surface area contributed by atoms with Gasteiger partial charge in [-0.15, -0.1) is 0 Å². The highest BCUT2D eigenvalue weighted by Gasteiger charge is 2.29. The number of alkyl carbamates (subject to hydrolysis) is 3. The first-order chi connectivity index (χ1) is 61.1. The van der Waals surface area contributed by atoms with E-state index in [1.54, 1.807) is 0 Å². The molecule has 0 heterocycles. The number of allylic oxidation sites excluding steroid dienone is 4. The lowest BCUT2D eigenvalue weighted by Crippen LogP contribution is -2.46. The van der Waals surface area contributed by atoms with Gasteiger partial charge in [-0.3, -0.25) is 0 Å². The Kier molecular flexibility index (Phi) is 56.6. The Bertz CT molecular complexity index is 4340. The Labute approximate surface area is 768 Å². The van der Waals surface area contributed by atoms with E-state index in [0.29, 0.717) is 77.8 Å². The van der Waals surface area contributed by atoms with Crippen molar-refractivity contribution in [3.8, 4) is 0 Å². The molecule has 0 saturated heterocycles. The van der Waals surface area contributed by atoms with Gasteiger partial charge in [0.05, 0.1) is 126 Å². The second-order valence-electron chi connectivity index (χ2n) is 33.1. The molecule has 1 aliphatic rings. The minimum Gasteiger partial charge on any atom is -0.502 e. The van der Waals surface area contributed by atoms with Crippen LogP contribution in [0.25, 0.3) is 34.4 Å². The van der Waals surface area contributed by atoms with Crippen LogP contribution in [-0.2, 0) is 82.7 Å². The number of hydrogen-bond donors (Lipinski definition) is 6. The minimum atomic E-state index is -0.519. The van der Waals surface area contributed by atoms with Gasteiger partial charge in [0, 0.05) is 13.1 Å². The fourth-order valence-corrected chi connectivity index (χ4v) is 12.5. The standard InChI is InChI=1S/C23H33NO3.C21H31NO3.C19H27NO3.C18H26N2O2.C14H19NO.C13H16O2/c1-6-26-15-18-10-12-19(13-11-18)16-27-22(25)24-23(4,5)21-9-7-8-20(14-21)17(2)3;1-6-24-14-9-7-8-10-15-25-20(23)22-21(4,5)19-13-11-12-18(16-19)17(2)3;1-6-22-12-7-8-13-23-18(21)20-19(4,5)17-11-9-10-16(14-17)15(2)3;1-6-22-12-8-11-19-17(21)20-18(4,5)16-10-7-9-15(13-16)14(2)3;1-3-13-6-8-14(9-7-13)12-15-10-5-11-16-4-2;1-3-12-5-7-13(8-6-12)11-15-10-9-14-4-2/h6-9,14,18-19H,1-2,10-13,15-16H2,3-5H3,(H,24,25);6,11-13,16H,1-2,7-10,14-15H2,3-5H3,(H,22,23);6,9-11,14H,1-2,7-8,12-13H2,3-5H3,(H,20,21);6-7,9-10,13H,1-2,8,11-12H2,3-5H3,(H2,19,20,21);3-4,6-9,15H,1-2,5,10-12H2;3-8H,1-2,9-11H2. The number of hydrogen-bond acceptors (Lipinski definition) is 15. The van der Waals surface area contributed by atoms with Crippen LogP contribution in [0.15, 0.2) is 262 Å². The summed E-state index contributed by atoms with van der Waals surface area (Å²) in [6.07, 6.45) is 22.8. The largest absolute Gasteiger partial charge is 0.502 e. The molecule has 5 amide bonds. The lowest BCUT2D eigenvalue weighted by molar-refractivity contribution is 0.0750. The molecule has 0 bridgehead atoms. The molecule has 0 aliphatic heterocycles. The topological polar surface area (TPSA) is 233 Å². The zero-order valence-electron chi connectivity index (χ0n) is 79.2. The fourth-order valence-electron chi connectivity index (χ4n) is 12.5. The van der Waals surface area contributed by atoms with Gasteiger partial charge in [-0.1, -0.05) is 235 Å². The molecule has 1 fully saturated rings. The van der Waals surface area contributed by atoms with Crippen LogP contribution in [0, 0.1) is 11.8 Å². The second-order valence-corrected chi connectivity index (χ2v) is 33.1. The van der Waals surface area contributed by atoms with Crippen molar-refractivity contribution >= 4 is 58.8 Å². The summed E-state index contributed by atoms with van der Waals surface area (Å²) >= 11 is 0. The quantitative estimate of drug-likeness (QED) is 0.0118. The van der Waals surface area contributed by atoms with Crippen LogP contribution >= 0.6 is 0 Å². The molecular formula is C108H152N6O14. The average Bonchev–Trinajstić information content (AvgIpc) is 0.853. The Morgan fingerprint density at radius 3 is 1.05 bits per heavy atom. The number of ether oxygens (including phenoxy) is 10. The van der Waals surface area contributed by atoms with Crippen molar-refractivity contribution in [2.24, 2.45) is 11.8 Å². The maximum atomic E-state index is 12.3. The van der Waals surface area contributed by atoms with Gasteiger partial charge in [0.25, 0.3) is 0 Å². The van der Waals surface area contributed by atoms with Crippen LogP contribution in [-0.4, -0.2) is 103 Å². The first kappa shape index (κ1) is 112. The molecule has 6 aromatic rings. The first-order valence-corrected chi connectivity index (χ1v) is 44.2. The van der Waals surface area contributed by atoms with E-state index in [2.05, 4.69) is 147 Å². The Hall–Kier alpha value is -12.0. The number of nitrogens with one attached hydrogen (secondary N) is 6. The smallest absolute Gasteiger partial charge is 0.407 e. The maximum Gasteiger partial charge on any atom is 0.407 e. The summed E-state index contributed by atoms with van der Waals surface area (Å²) in [4.78, 5) is 48.3. The van der Waals surface area contributed by atoms with Crippen LogP contribution in [0.5, 0.6) is 0 Å². The van der Waals surface area contributed by atoms with Gasteiger partial charge < -0.3 is 79.3 Å². The van der Waals surface area contributed by atoms with Gasteiger partial charge in [-0.05, 0) is 270 Å². The third-order valence-corrected chi connectivity index (χ3v) is 20.4. The summed E-state index contributed by atoms with van der Waals surface area (Å²) in [7, 11) is 0. The molecule has 128 heavy (non-hydrogen) atoms. The maximum absolute atomic E-state index is 12.3.